The molecule has 1 aliphatic heterocycles. The van der Waals surface area contributed by atoms with Gasteiger partial charge in [0.2, 0.25) is 5.91 Å². The average molecular weight is 237 g/mol. The zero-order chi connectivity index (χ0) is 12.1. The molecule has 0 radical (unpaired) electrons. The van der Waals surface area contributed by atoms with Gasteiger partial charge < -0.3 is 10.2 Å². The lowest BCUT2D eigenvalue weighted by Crippen LogP contribution is -2.49. The number of hydrogen-bond donors (Lipinski definition) is 1. The van der Waals surface area contributed by atoms with E-state index < -0.39 is 0 Å². The number of piperidine rings is 1. The first kappa shape index (κ1) is 12.0. The molecule has 0 saturated carbocycles. The minimum Gasteiger partial charge on any atom is -0.341 e. The highest BCUT2D eigenvalue weighted by molar-refractivity contribution is 5.82. The Morgan fingerprint density at radius 2 is 2.41 bits per heavy atom. The zero-order valence-corrected chi connectivity index (χ0v) is 10.2. The maximum atomic E-state index is 12.0. The maximum absolute atomic E-state index is 12.0. The van der Waals surface area contributed by atoms with Gasteiger partial charge in [-0.05, 0) is 26.3 Å². The number of nitrogens with zero attached hydrogens (tertiary/aromatic N) is 4. The molecule has 0 spiro atoms. The van der Waals surface area contributed by atoms with E-state index in [2.05, 4.69) is 15.6 Å². The van der Waals surface area contributed by atoms with Gasteiger partial charge in [-0.15, -0.1) is 5.10 Å². The molecular formula is C11H19N5O. The van der Waals surface area contributed by atoms with Gasteiger partial charge in [-0.25, -0.2) is 0 Å². The van der Waals surface area contributed by atoms with Gasteiger partial charge in [-0.2, -0.15) is 0 Å². The molecule has 0 bridgehead atoms. The number of amides is 1. The molecule has 1 amide bonds. The molecule has 1 unspecified atom stereocenters. The van der Waals surface area contributed by atoms with Crippen molar-refractivity contribution in [1.29, 1.82) is 0 Å². The molecule has 1 aromatic heterocycles. The van der Waals surface area contributed by atoms with Gasteiger partial charge in [0.15, 0.2) is 0 Å². The van der Waals surface area contributed by atoms with Gasteiger partial charge in [0.1, 0.15) is 0 Å². The summed E-state index contributed by atoms with van der Waals surface area (Å²) in [6, 6.07) is 0.00937. The van der Waals surface area contributed by atoms with E-state index in [-0.39, 0.29) is 11.9 Å². The van der Waals surface area contributed by atoms with E-state index in [4.69, 9.17) is 0 Å². The van der Waals surface area contributed by atoms with Crippen molar-refractivity contribution in [1.82, 2.24) is 25.2 Å². The molecule has 1 atom stereocenters. The molecule has 6 heteroatoms. The van der Waals surface area contributed by atoms with Crippen LogP contribution in [0.3, 0.4) is 0 Å². The summed E-state index contributed by atoms with van der Waals surface area (Å²) in [5, 5.41) is 10.7. The third kappa shape index (κ3) is 3.03. The van der Waals surface area contributed by atoms with Crippen molar-refractivity contribution >= 4 is 5.91 Å². The SMILES string of the molecule is CNC1CCCN(CCCn2ccnn2)C1=O. The van der Waals surface area contributed by atoms with Crippen LogP contribution in [0.15, 0.2) is 12.4 Å². The molecule has 1 saturated heterocycles. The van der Waals surface area contributed by atoms with Crippen molar-refractivity contribution in [3.8, 4) is 0 Å². The van der Waals surface area contributed by atoms with E-state index in [9.17, 15) is 4.79 Å². The Labute approximate surface area is 101 Å². The van der Waals surface area contributed by atoms with Gasteiger partial charge in [0.05, 0.1) is 12.2 Å². The summed E-state index contributed by atoms with van der Waals surface area (Å²) in [6.07, 6.45) is 6.47. The fourth-order valence-corrected chi connectivity index (χ4v) is 2.21. The van der Waals surface area contributed by atoms with Crippen LogP contribution >= 0.6 is 0 Å². The molecule has 1 N–H and O–H groups in total. The number of aromatic nitrogens is 3. The Morgan fingerprint density at radius 1 is 1.53 bits per heavy atom. The van der Waals surface area contributed by atoms with E-state index in [1.807, 2.05) is 18.1 Å². The van der Waals surface area contributed by atoms with E-state index in [0.717, 1.165) is 38.9 Å². The highest BCUT2D eigenvalue weighted by atomic mass is 16.2. The quantitative estimate of drug-likeness (QED) is 0.775. The van der Waals surface area contributed by atoms with Crippen molar-refractivity contribution < 1.29 is 4.79 Å². The molecule has 1 fully saturated rings. The van der Waals surface area contributed by atoms with Crippen molar-refractivity contribution in [3.05, 3.63) is 12.4 Å². The first-order valence-corrected chi connectivity index (χ1v) is 6.11. The van der Waals surface area contributed by atoms with Crippen LogP contribution in [-0.2, 0) is 11.3 Å². The lowest BCUT2D eigenvalue weighted by atomic mass is 10.0. The number of aryl methyl sites for hydroxylation is 1. The standard InChI is InChI=1S/C11H19N5O/c1-12-10-4-2-6-15(11(10)17)7-3-8-16-9-5-13-14-16/h5,9-10,12H,2-4,6-8H2,1H3. The van der Waals surface area contributed by atoms with Crippen LogP contribution in [-0.4, -0.2) is 52.0 Å². The van der Waals surface area contributed by atoms with Crippen molar-refractivity contribution in [2.24, 2.45) is 0 Å². The van der Waals surface area contributed by atoms with E-state index in [1.165, 1.54) is 0 Å². The normalized spacial score (nSPS) is 20.9. The molecule has 0 aliphatic carbocycles. The van der Waals surface area contributed by atoms with E-state index >= 15 is 0 Å². The first-order chi connectivity index (χ1) is 8.31. The van der Waals surface area contributed by atoms with Gasteiger partial charge in [-0.1, -0.05) is 5.21 Å². The minimum absolute atomic E-state index is 0.00937. The lowest BCUT2D eigenvalue weighted by molar-refractivity contribution is -0.135. The summed E-state index contributed by atoms with van der Waals surface area (Å²) in [7, 11) is 1.85. The van der Waals surface area contributed by atoms with Crippen LogP contribution < -0.4 is 5.32 Å². The average Bonchev–Trinajstić information content (AvgIpc) is 2.84. The fraction of sp³-hybridized carbons (Fsp3) is 0.727. The smallest absolute Gasteiger partial charge is 0.239 e. The van der Waals surface area contributed by atoms with Crippen LogP contribution in [0.5, 0.6) is 0 Å². The molecule has 1 aliphatic rings. The first-order valence-electron chi connectivity index (χ1n) is 6.11. The Hall–Kier alpha value is -1.43. The number of nitrogens with one attached hydrogen (secondary N) is 1. The van der Waals surface area contributed by atoms with Crippen LogP contribution in [0.25, 0.3) is 0 Å². The Balaban J connectivity index is 1.76. The van der Waals surface area contributed by atoms with E-state index in [1.54, 1.807) is 10.9 Å². The van der Waals surface area contributed by atoms with Crippen molar-refractivity contribution in [3.63, 3.8) is 0 Å². The Morgan fingerprint density at radius 3 is 3.12 bits per heavy atom. The predicted molar refractivity (Wildman–Crippen MR) is 63.3 cm³/mol. The number of likely N-dealkylation sites (tertiary alicyclic amines) is 1. The fourth-order valence-electron chi connectivity index (χ4n) is 2.21. The number of carbonyl (C=O) groups excluding carboxylic acids is 1. The summed E-state index contributed by atoms with van der Waals surface area (Å²) in [4.78, 5) is 13.9. The summed E-state index contributed by atoms with van der Waals surface area (Å²) in [6.45, 7) is 2.50. The van der Waals surface area contributed by atoms with Gasteiger partial charge in [0, 0.05) is 25.8 Å². The third-order valence-corrected chi connectivity index (χ3v) is 3.17. The predicted octanol–water partition coefficient (Wildman–Crippen LogP) is -0.121. The summed E-state index contributed by atoms with van der Waals surface area (Å²) in [5.74, 6) is 0.234. The largest absolute Gasteiger partial charge is 0.341 e. The zero-order valence-electron chi connectivity index (χ0n) is 10.2. The number of likely N-dealkylation sites (N-methyl/N-ethyl adjacent to an activating group) is 1. The second kappa shape index (κ2) is 5.77. The second-order valence-electron chi connectivity index (χ2n) is 4.33. The summed E-state index contributed by atoms with van der Waals surface area (Å²) in [5.41, 5.74) is 0. The third-order valence-electron chi connectivity index (χ3n) is 3.17. The Kier molecular flexibility index (Phi) is 4.08. The topological polar surface area (TPSA) is 63.1 Å². The maximum Gasteiger partial charge on any atom is 0.239 e. The Bertz CT molecular complexity index is 351. The van der Waals surface area contributed by atoms with Crippen LogP contribution in [0, 0.1) is 0 Å². The van der Waals surface area contributed by atoms with Crippen LogP contribution in [0.2, 0.25) is 0 Å². The van der Waals surface area contributed by atoms with Gasteiger partial charge >= 0.3 is 0 Å². The van der Waals surface area contributed by atoms with E-state index in [0.29, 0.717) is 0 Å². The molecule has 0 aromatic carbocycles. The molecule has 2 heterocycles. The van der Waals surface area contributed by atoms with Crippen molar-refractivity contribution in [2.75, 3.05) is 20.1 Å². The second-order valence-corrected chi connectivity index (χ2v) is 4.33. The summed E-state index contributed by atoms with van der Waals surface area (Å²) >= 11 is 0. The minimum atomic E-state index is 0.00937. The monoisotopic (exact) mass is 237 g/mol. The highest BCUT2D eigenvalue weighted by Crippen LogP contribution is 2.11. The molecular weight excluding hydrogens is 218 g/mol. The number of hydrogen-bond acceptors (Lipinski definition) is 4. The molecule has 1 aromatic rings. The molecule has 94 valence electrons. The van der Waals surface area contributed by atoms with Crippen LogP contribution in [0.1, 0.15) is 19.3 Å². The van der Waals surface area contributed by atoms with Crippen LogP contribution in [0.4, 0.5) is 0 Å². The van der Waals surface area contributed by atoms with Gasteiger partial charge in [0.25, 0.3) is 0 Å². The number of carbonyl (C=O) groups is 1. The molecule has 2 rings (SSSR count). The lowest BCUT2D eigenvalue weighted by Gasteiger charge is -2.32. The van der Waals surface area contributed by atoms with Gasteiger partial charge in [-0.3, -0.25) is 9.48 Å². The molecule has 6 nitrogen and oxygen atoms in total. The van der Waals surface area contributed by atoms with Crippen molar-refractivity contribution in [2.45, 2.75) is 31.8 Å². The molecule has 17 heavy (non-hydrogen) atoms. The highest BCUT2D eigenvalue weighted by Gasteiger charge is 2.26. The number of rotatable bonds is 5. The summed E-state index contributed by atoms with van der Waals surface area (Å²) < 4.78 is 1.80.